The lowest BCUT2D eigenvalue weighted by Gasteiger charge is -2.25. The summed E-state index contributed by atoms with van der Waals surface area (Å²) in [7, 11) is 1.34. The lowest BCUT2D eigenvalue weighted by atomic mass is 9.85. The third kappa shape index (κ3) is 3.69. The molecule has 0 bridgehead atoms. The van der Waals surface area contributed by atoms with Crippen LogP contribution in [0, 0.1) is 5.41 Å². The maximum atomic E-state index is 11.3. The van der Waals surface area contributed by atoms with Gasteiger partial charge in [0.1, 0.15) is 0 Å². The Morgan fingerprint density at radius 2 is 1.82 bits per heavy atom. The number of amides is 2. The van der Waals surface area contributed by atoms with Crippen molar-refractivity contribution < 1.29 is 19.1 Å². The average molecular weight is 239 g/mol. The van der Waals surface area contributed by atoms with Crippen LogP contribution in [0.25, 0.3) is 0 Å². The van der Waals surface area contributed by atoms with Gasteiger partial charge in [-0.15, -0.1) is 0 Å². The van der Waals surface area contributed by atoms with E-state index in [1.807, 2.05) is 13.8 Å². The maximum absolute atomic E-state index is 11.3. The van der Waals surface area contributed by atoms with E-state index < -0.39 is 0 Å². The quantitative estimate of drug-likeness (QED) is 0.528. The number of carbonyl (C=O) groups is 3. The molecule has 0 fully saturated rings. The van der Waals surface area contributed by atoms with Crippen molar-refractivity contribution in [2.45, 2.75) is 26.7 Å². The van der Waals surface area contributed by atoms with Crippen LogP contribution < -0.4 is 0 Å². The molecule has 1 aliphatic rings. The number of carbonyl (C=O) groups excluding carboxylic acids is 3. The zero-order valence-electron chi connectivity index (χ0n) is 10.4. The molecular formula is C12H17NO4. The van der Waals surface area contributed by atoms with E-state index in [4.69, 9.17) is 0 Å². The van der Waals surface area contributed by atoms with E-state index in [1.54, 1.807) is 0 Å². The monoisotopic (exact) mass is 239 g/mol. The predicted molar refractivity (Wildman–Crippen MR) is 60.9 cm³/mol. The van der Waals surface area contributed by atoms with E-state index in [2.05, 4.69) is 4.74 Å². The SMILES string of the molecule is COC(=O)CC(C)(C)CCN1C(=O)C=CC1=O. The van der Waals surface area contributed by atoms with Gasteiger partial charge in [0.05, 0.1) is 13.5 Å². The van der Waals surface area contributed by atoms with Crippen molar-refractivity contribution in [2.24, 2.45) is 5.41 Å². The first-order valence-electron chi connectivity index (χ1n) is 5.46. The maximum Gasteiger partial charge on any atom is 0.306 e. The molecule has 1 rings (SSSR count). The molecule has 2 amide bonds. The predicted octanol–water partition coefficient (Wildman–Crippen LogP) is 0.891. The number of ether oxygens (including phenoxy) is 1. The summed E-state index contributed by atoms with van der Waals surface area (Å²) in [4.78, 5) is 35.0. The zero-order chi connectivity index (χ0) is 13.1. The van der Waals surface area contributed by atoms with E-state index in [0.717, 1.165) is 0 Å². The molecule has 0 unspecified atom stereocenters. The van der Waals surface area contributed by atoms with Gasteiger partial charge in [0, 0.05) is 18.7 Å². The van der Waals surface area contributed by atoms with Crippen LogP contribution in [0.3, 0.4) is 0 Å². The van der Waals surface area contributed by atoms with Gasteiger partial charge in [0.15, 0.2) is 0 Å². The van der Waals surface area contributed by atoms with Crippen LogP contribution in [0.15, 0.2) is 12.2 Å². The fraction of sp³-hybridized carbons (Fsp3) is 0.583. The van der Waals surface area contributed by atoms with Gasteiger partial charge in [-0.1, -0.05) is 13.8 Å². The van der Waals surface area contributed by atoms with Crippen LogP contribution in [0.5, 0.6) is 0 Å². The molecule has 0 saturated heterocycles. The Hall–Kier alpha value is -1.65. The topological polar surface area (TPSA) is 63.7 Å². The highest BCUT2D eigenvalue weighted by Gasteiger charge is 2.28. The van der Waals surface area contributed by atoms with Gasteiger partial charge in [0.25, 0.3) is 11.8 Å². The second-order valence-electron chi connectivity index (χ2n) is 4.83. The number of hydrogen-bond acceptors (Lipinski definition) is 4. The number of methoxy groups -OCH3 is 1. The van der Waals surface area contributed by atoms with Gasteiger partial charge in [0.2, 0.25) is 0 Å². The molecule has 1 heterocycles. The molecule has 0 spiro atoms. The second-order valence-corrected chi connectivity index (χ2v) is 4.83. The highest BCUT2D eigenvalue weighted by atomic mass is 16.5. The third-order valence-corrected chi connectivity index (χ3v) is 2.76. The minimum Gasteiger partial charge on any atom is -0.469 e. The van der Waals surface area contributed by atoms with Gasteiger partial charge in [-0.25, -0.2) is 0 Å². The lowest BCUT2D eigenvalue weighted by molar-refractivity contribution is -0.143. The summed E-state index contributed by atoms with van der Waals surface area (Å²) in [5.41, 5.74) is -0.295. The summed E-state index contributed by atoms with van der Waals surface area (Å²) in [6, 6.07) is 0. The first-order valence-corrected chi connectivity index (χ1v) is 5.46. The second kappa shape index (κ2) is 5.12. The summed E-state index contributed by atoms with van der Waals surface area (Å²) in [5.74, 6) is -0.861. The fourth-order valence-corrected chi connectivity index (χ4v) is 1.62. The Balaban J connectivity index is 2.47. The average Bonchev–Trinajstić information content (AvgIpc) is 2.55. The Morgan fingerprint density at radius 3 is 2.29 bits per heavy atom. The van der Waals surface area contributed by atoms with Crippen LogP contribution in [-0.2, 0) is 19.1 Å². The number of nitrogens with zero attached hydrogens (tertiary/aromatic N) is 1. The molecule has 1 aliphatic heterocycles. The van der Waals surface area contributed by atoms with Gasteiger partial charge in [-0.3, -0.25) is 19.3 Å². The third-order valence-electron chi connectivity index (χ3n) is 2.76. The summed E-state index contributed by atoms with van der Waals surface area (Å²) >= 11 is 0. The Bertz CT molecular complexity index is 353. The molecule has 0 aromatic heterocycles. The van der Waals surface area contributed by atoms with E-state index >= 15 is 0 Å². The molecule has 0 atom stereocenters. The van der Waals surface area contributed by atoms with Crippen LogP contribution in [0.4, 0.5) is 0 Å². The first-order chi connectivity index (χ1) is 7.85. The fourth-order valence-electron chi connectivity index (χ4n) is 1.62. The molecule has 17 heavy (non-hydrogen) atoms. The molecule has 0 radical (unpaired) electrons. The van der Waals surface area contributed by atoms with Gasteiger partial charge < -0.3 is 4.74 Å². The minimum atomic E-state index is -0.295. The van der Waals surface area contributed by atoms with Crippen LogP contribution in [0.1, 0.15) is 26.7 Å². The van der Waals surface area contributed by atoms with Gasteiger partial charge in [-0.05, 0) is 11.8 Å². The van der Waals surface area contributed by atoms with Crippen molar-refractivity contribution >= 4 is 17.8 Å². The molecule has 0 aliphatic carbocycles. The molecule has 0 aromatic carbocycles. The largest absolute Gasteiger partial charge is 0.469 e. The number of esters is 1. The lowest BCUT2D eigenvalue weighted by Crippen LogP contribution is -2.34. The first kappa shape index (κ1) is 13.4. The summed E-state index contributed by atoms with van der Waals surface area (Å²) in [5, 5.41) is 0. The smallest absolute Gasteiger partial charge is 0.306 e. The van der Waals surface area contributed by atoms with Crippen molar-refractivity contribution in [3.63, 3.8) is 0 Å². The molecule has 94 valence electrons. The molecule has 0 N–H and O–H groups in total. The van der Waals surface area contributed by atoms with Crippen LogP contribution >= 0.6 is 0 Å². The summed E-state index contributed by atoms with van der Waals surface area (Å²) in [6.07, 6.45) is 3.36. The number of hydrogen-bond donors (Lipinski definition) is 0. The van der Waals surface area contributed by atoms with Crippen molar-refractivity contribution in [3.05, 3.63) is 12.2 Å². The highest BCUT2D eigenvalue weighted by molar-refractivity contribution is 6.12. The van der Waals surface area contributed by atoms with Gasteiger partial charge in [-0.2, -0.15) is 0 Å². The Labute approximate surface area is 100 Å². The Morgan fingerprint density at radius 1 is 1.29 bits per heavy atom. The normalized spacial score (nSPS) is 15.6. The standard InChI is InChI=1S/C12H17NO4/c1-12(2,8-11(16)17-3)6-7-13-9(14)4-5-10(13)15/h4-5H,6-8H2,1-3H3. The van der Waals surface area contributed by atoms with E-state index in [9.17, 15) is 14.4 Å². The van der Waals surface area contributed by atoms with Crippen LogP contribution in [0.2, 0.25) is 0 Å². The number of rotatable bonds is 5. The van der Waals surface area contributed by atoms with Crippen molar-refractivity contribution in [1.29, 1.82) is 0 Å². The summed E-state index contributed by atoms with van der Waals surface area (Å²) < 4.78 is 4.60. The molecule has 0 aromatic rings. The number of imide groups is 1. The van der Waals surface area contributed by atoms with Gasteiger partial charge >= 0.3 is 5.97 Å². The molecule has 0 saturated carbocycles. The molecular weight excluding hydrogens is 222 g/mol. The minimum absolute atomic E-state index is 0.271. The van der Waals surface area contributed by atoms with Crippen molar-refractivity contribution in [1.82, 2.24) is 4.90 Å². The zero-order valence-corrected chi connectivity index (χ0v) is 10.4. The van der Waals surface area contributed by atoms with E-state index in [1.165, 1.54) is 24.2 Å². The molecule has 5 nitrogen and oxygen atoms in total. The van der Waals surface area contributed by atoms with E-state index in [-0.39, 0.29) is 29.6 Å². The van der Waals surface area contributed by atoms with Crippen molar-refractivity contribution in [3.8, 4) is 0 Å². The van der Waals surface area contributed by atoms with Crippen LogP contribution in [-0.4, -0.2) is 36.3 Å². The van der Waals surface area contributed by atoms with E-state index in [0.29, 0.717) is 13.0 Å². The molecule has 5 heteroatoms. The Kier molecular flexibility index (Phi) is 4.04. The highest BCUT2D eigenvalue weighted by Crippen LogP contribution is 2.26. The summed E-state index contributed by atoms with van der Waals surface area (Å²) in [6.45, 7) is 4.14. The van der Waals surface area contributed by atoms with Crippen molar-refractivity contribution in [2.75, 3.05) is 13.7 Å².